The summed E-state index contributed by atoms with van der Waals surface area (Å²) in [7, 11) is 0. The largest absolute Gasteiger partial charge is 0.393 e. The molecule has 4 nitrogen and oxygen atoms in total. The van der Waals surface area contributed by atoms with Crippen LogP contribution in [0.2, 0.25) is 0 Å². The molecule has 1 heterocycles. The molecule has 0 bridgehead atoms. The summed E-state index contributed by atoms with van der Waals surface area (Å²) in [5.74, 6) is 0.354. The molecule has 17 heavy (non-hydrogen) atoms. The van der Waals surface area contributed by atoms with Crippen LogP contribution in [0.4, 0.5) is 4.79 Å². The number of rotatable bonds is 4. The van der Waals surface area contributed by atoms with Gasteiger partial charge in [0.1, 0.15) is 0 Å². The lowest BCUT2D eigenvalue weighted by atomic mass is 9.92. The van der Waals surface area contributed by atoms with Crippen LogP contribution in [0.5, 0.6) is 0 Å². The van der Waals surface area contributed by atoms with E-state index in [9.17, 15) is 9.90 Å². The average molecular weight is 242 g/mol. The van der Waals surface area contributed by atoms with E-state index in [4.69, 9.17) is 0 Å². The smallest absolute Gasteiger partial charge is 0.317 e. The van der Waals surface area contributed by atoms with E-state index in [1.165, 1.54) is 0 Å². The number of aliphatic hydroxyl groups excluding tert-OH is 1. The molecule has 1 fully saturated rings. The number of urea groups is 1. The highest BCUT2D eigenvalue weighted by molar-refractivity contribution is 5.74. The average Bonchev–Trinajstić information content (AvgIpc) is 2.35. The van der Waals surface area contributed by atoms with Crippen molar-refractivity contribution in [3.05, 3.63) is 0 Å². The van der Waals surface area contributed by atoms with Gasteiger partial charge in [0.2, 0.25) is 0 Å². The highest BCUT2D eigenvalue weighted by Gasteiger charge is 2.25. The van der Waals surface area contributed by atoms with Crippen LogP contribution >= 0.6 is 0 Å². The maximum atomic E-state index is 12.0. The van der Waals surface area contributed by atoms with Gasteiger partial charge in [-0.2, -0.15) is 0 Å². The number of likely N-dealkylation sites (tertiary alicyclic amines) is 1. The molecule has 0 radical (unpaired) electrons. The normalized spacial score (nSPS) is 19.5. The lowest BCUT2D eigenvalue weighted by Gasteiger charge is -2.34. The van der Waals surface area contributed by atoms with Crippen LogP contribution in [0.15, 0.2) is 0 Å². The van der Waals surface area contributed by atoms with Crippen molar-refractivity contribution >= 4 is 6.03 Å². The van der Waals surface area contributed by atoms with E-state index < -0.39 is 0 Å². The summed E-state index contributed by atoms with van der Waals surface area (Å²) in [5.41, 5.74) is 0. The van der Waals surface area contributed by atoms with Gasteiger partial charge in [-0.05, 0) is 38.5 Å². The summed E-state index contributed by atoms with van der Waals surface area (Å²) in [6.07, 6.45) is 3.53. The quantitative estimate of drug-likeness (QED) is 0.792. The molecule has 0 spiro atoms. The van der Waals surface area contributed by atoms with E-state index in [1.807, 2.05) is 11.8 Å². The van der Waals surface area contributed by atoms with Crippen molar-refractivity contribution in [2.45, 2.75) is 58.6 Å². The van der Waals surface area contributed by atoms with Gasteiger partial charge in [-0.1, -0.05) is 13.8 Å². The van der Waals surface area contributed by atoms with E-state index in [0.29, 0.717) is 5.92 Å². The molecule has 2 N–H and O–H groups in total. The summed E-state index contributed by atoms with van der Waals surface area (Å²) >= 11 is 0. The summed E-state index contributed by atoms with van der Waals surface area (Å²) in [6, 6.07) is 0.347. The van der Waals surface area contributed by atoms with Gasteiger partial charge >= 0.3 is 6.03 Å². The van der Waals surface area contributed by atoms with Gasteiger partial charge in [-0.3, -0.25) is 0 Å². The van der Waals surface area contributed by atoms with Crippen molar-refractivity contribution in [1.29, 1.82) is 0 Å². The molecule has 1 atom stereocenters. The van der Waals surface area contributed by atoms with Crippen LogP contribution in [-0.4, -0.2) is 41.3 Å². The zero-order valence-corrected chi connectivity index (χ0v) is 11.3. The molecule has 0 aromatic heterocycles. The molecule has 1 unspecified atom stereocenters. The van der Waals surface area contributed by atoms with Crippen LogP contribution < -0.4 is 5.32 Å². The minimum absolute atomic E-state index is 0.0581. The Morgan fingerprint density at radius 1 is 1.35 bits per heavy atom. The lowest BCUT2D eigenvalue weighted by Crippen LogP contribution is -2.48. The second-order valence-corrected chi connectivity index (χ2v) is 5.03. The maximum Gasteiger partial charge on any atom is 0.317 e. The molecule has 0 saturated carbocycles. The topological polar surface area (TPSA) is 52.6 Å². The molecule has 2 amide bonds. The Balaban J connectivity index is 2.35. The van der Waals surface area contributed by atoms with Crippen molar-refractivity contribution in [2.24, 2.45) is 5.92 Å². The zero-order chi connectivity index (χ0) is 12.8. The van der Waals surface area contributed by atoms with Crippen molar-refractivity contribution in [3.63, 3.8) is 0 Å². The molecule has 4 heteroatoms. The zero-order valence-electron chi connectivity index (χ0n) is 11.3. The van der Waals surface area contributed by atoms with Crippen LogP contribution in [0.3, 0.4) is 0 Å². The van der Waals surface area contributed by atoms with E-state index in [0.717, 1.165) is 38.8 Å². The van der Waals surface area contributed by atoms with Crippen LogP contribution in [-0.2, 0) is 0 Å². The van der Waals surface area contributed by atoms with E-state index in [1.54, 1.807) is 0 Å². The van der Waals surface area contributed by atoms with Gasteiger partial charge in [0.25, 0.3) is 0 Å². The number of hydrogen-bond donors (Lipinski definition) is 2. The highest BCUT2D eigenvalue weighted by Crippen LogP contribution is 2.20. The fourth-order valence-corrected chi connectivity index (χ4v) is 2.34. The van der Waals surface area contributed by atoms with Gasteiger partial charge in [-0.25, -0.2) is 4.79 Å². The van der Waals surface area contributed by atoms with Gasteiger partial charge in [0.15, 0.2) is 0 Å². The minimum Gasteiger partial charge on any atom is -0.393 e. The Labute approximate surface area is 104 Å². The Bertz CT molecular complexity index is 232. The summed E-state index contributed by atoms with van der Waals surface area (Å²) in [5, 5.41) is 12.6. The Hall–Kier alpha value is -0.770. The van der Waals surface area contributed by atoms with Crippen molar-refractivity contribution in [1.82, 2.24) is 10.2 Å². The summed E-state index contributed by atoms with van der Waals surface area (Å²) in [6.45, 7) is 7.55. The molecular weight excluding hydrogens is 216 g/mol. The number of nitrogens with one attached hydrogen (secondary N) is 1. The first-order valence-corrected chi connectivity index (χ1v) is 6.81. The summed E-state index contributed by atoms with van der Waals surface area (Å²) < 4.78 is 0. The lowest BCUT2D eigenvalue weighted by molar-refractivity contribution is 0.0792. The van der Waals surface area contributed by atoms with Crippen LogP contribution in [0.1, 0.15) is 46.5 Å². The molecule has 1 saturated heterocycles. The second-order valence-electron chi connectivity index (χ2n) is 5.03. The monoisotopic (exact) mass is 242 g/mol. The van der Waals surface area contributed by atoms with E-state index >= 15 is 0 Å². The first kappa shape index (κ1) is 14.3. The predicted octanol–water partition coefficient (Wildman–Crippen LogP) is 1.98. The van der Waals surface area contributed by atoms with Crippen molar-refractivity contribution in [3.8, 4) is 0 Å². The number of amides is 2. The van der Waals surface area contributed by atoms with Gasteiger partial charge in [0.05, 0.1) is 6.10 Å². The maximum absolute atomic E-state index is 12.0. The van der Waals surface area contributed by atoms with Gasteiger partial charge < -0.3 is 15.3 Å². The number of carbonyl (C=O) groups excluding carboxylic acids is 1. The number of aliphatic hydroxyl groups is 1. The molecule has 1 aliphatic heterocycles. The van der Waals surface area contributed by atoms with Gasteiger partial charge in [-0.15, -0.1) is 0 Å². The number of hydrogen-bond acceptors (Lipinski definition) is 2. The molecule has 0 aromatic rings. The number of piperidine rings is 1. The predicted molar refractivity (Wildman–Crippen MR) is 68.9 cm³/mol. The second kappa shape index (κ2) is 6.84. The summed E-state index contributed by atoms with van der Waals surface area (Å²) in [4.78, 5) is 13.8. The Morgan fingerprint density at radius 3 is 2.29 bits per heavy atom. The SMILES string of the molecule is CCC(CC)NC(=O)N1CCC(C(C)O)CC1. The standard InChI is InChI=1S/C13H26N2O2/c1-4-12(5-2)14-13(17)15-8-6-11(7-9-15)10(3)16/h10-12,16H,4-9H2,1-3H3,(H,14,17). The van der Waals surface area contributed by atoms with Crippen molar-refractivity contribution < 1.29 is 9.90 Å². The highest BCUT2D eigenvalue weighted by atomic mass is 16.3. The first-order chi connectivity index (χ1) is 8.08. The van der Waals surface area contributed by atoms with E-state index in [-0.39, 0.29) is 18.2 Å². The Morgan fingerprint density at radius 2 is 1.88 bits per heavy atom. The third-order valence-corrected chi connectivity index (χ3v) is 3.82. The molecule has 0 aromatic carbocycles. The fraction of sp³-hybridized carbons (Fsp3) is 0.923. The molecule has 1 rings (SSSR count). The first-order valence-electron chi connectivity index (χ1n) is 6.81. The van der Waals surface area contributed by atoms with E-state index in [2.05, 4.69) is 19.2 Å². The van der Waals surface area contributed by atoms with Crippen LogP contribution in [0, 0.1) is 5.92 Å². The Kier molecular flexibility index (Phi) is 5.75. The number of nitrogens with zero attached hydrogens (tertiary/aromatic N) is 1. The third kappa shape index (κ3) is 4.19. The molecular formula is C13H26N2O2. The fourth-order valence-electron chi connectivity index (χ4n) is 2.34. The minimum atomic E-state index is -0.251. The molecule has 0 aliphatic carbocycles. The third-order valence-electron chi connectivity index (χ3n) is 3.82. The van der Waals surface area contributed by atoms with Crippen LogP contribution in [0.25, 0.3) is 0 Å². The van der Waals surface area contributed by atoms with Gasteiger partial charge in [0, 0.05) is 19.1 Å². The number of carbonyl (C=O) groups is 1. The molecule has 100 valence electrons. The van der Waals surface area contributed by atoms with Crippen molar-refractivity contribution in [2.75, 3.05) is 13.1 Å². The molecule has 1 aliphatic rings.